The summed E-state index contributed by atoms with van der Waals surface area (Å²) in [4.78, 5) is 0. The lowest BCUT2D eigenvalue weighted by molar-refractivity contribution is -0.119. The second-order valence-corrected chi connectivity index (χ2v) is 5.13. The molecule has 1 atom stereocenters. The molecule has 3 nitrogen and oxygen atoms in total. The zero-order chi connectivity index (χ0) is 14.0. The van der Waals surface area contributed by atoms with Crippen LogP contribution in [0.5, 0.6) is 11.5 Å². The van der Waals surface area contributed by atoms with Crippen LogP contribution in [0.2, 0.25) is 0 Å². The van der Waals surface area contributed by atoms with E-state index in [0.29, 0.717) is 18.1 Å². The van der Waals surface area contributed by atoms with E-state index in [1.807, 2.05) is 19.1 Å². The van der Waals surface area contributed by atoms with Crippen molar-refractivity contribution in [2.24, 2.45) is 11.7 Å². The van der Waals surface area contributed by atoms with Gasteiger partial charge in [0.2, 0.25) is 5.92 Å². The van der Waals surface area contributed by atoms with Gasteiger partial charge in [-0.15, -0.1) is 12.4 Å². The first kappa shape index (κ1) is 17.0. The Morgan fingerprint density at radius 2 is 2.05 bits per heavy atom. The third-order valence-corrected chi connectivity index (χ3v) is 3.36. The first-order valence-electron chi connectivity index (χ1n) is 6.35. The minimum atomic E-state index is -2.51. The van der Waals surface area contributed by atoms with Crippen LogP contribution in [0.3, 0.4) is 0 Å². The van der Waals surface area contributed by atoms with Gasteiger partial charge < -0.3 is 15.2 Å². The van der Waals surface area contributed by atoms with Gasteiger partial charge in [0, 0.05) is 36.4 Å². The smallest absolute Gasteiger partial charge is 0.248 e. The molecule has 0 heterocycles. The zero-order valence-corrected chi connectivity index (χ0v) is 12.4. The summed E-state index contributed by atoms with van der Waals surface area (Å²) in [6, 6.07) is 5.22. The number of halogens is 3. The first-order chi connectivity index (χ1) is 8.91. The fourth-order valence-corrected chi connectivity index (χ4v) is 2.25. The lowest BCUT2D eigenvalue weighted by atomic mass is 9.82. The summed E-state index contributed by atoms with van der Waals surface area (Å²) in [7, 11) is 1.57. The highest BCUT2D eigenvalue weighted by molar-refractivity contribution is 5.85. The van der Waals surface area contributed by atoms with Crippen LogP contribution in [0.4, 0.5) is 8.78 Å². The molecule has 0 bridgehead atoms. The average molecular weight is 308 g/mol. The lowest BCUT2D eigenvalue weighted by Gasteiger charge is -2.34. The van der Waals surface area contributed by atoms with Gasteiger partial charge in [0.15, 0.2) is 0 Å². The second-order valence-electron chi connectivity index (χ2n) is 5.13. The van der Waals surface area contributed by atoms with Gasteiger partial charge in [-0.3, -0.25) is 0 Å². The number of methoxy groups -OCH3 is 1. The number of benzene rings is 1. The third-order valence-electron chi connectivity index (χ3n) is 3.36. The molecule has 0 radical (unpaired) electrons. The zero-order valence-electron chi connectivity index (χ0n) is 11.6. The first-order valence-corrected chi connectivity index (χ1v) is 6.35. The van der Waals surface area contributed by atoms with Gasteiger partial charge >= 0.3 is 0 Å². The van der Waals surface area contributed by atoms with Crippen molar-refractivity contribution in [2.45, 2.75) is 31.7 Å². The topological polar surface area (TPSA) is 44.5 Å². The molecule has 1 aliphatic rings. The summed E-state index contributed by atoms with van der Waals surface area (Å²) in [6.45, 7) is 2.15. The summed E-state index contributed by atoms with van der Waals surface area (Å²) >= 11 is 0. The maximum Gasteiger partial charge on any atom is 0.248 e. The fourth-order valence-electron chi connectivity index (χ4n) is 2.25. The molecule has 20 heavy (non-hydrogen) atoms. The summed E-state index contributed by atoms with van der Waals surface area (Å²) in [5.74, 6) is -1.31. The Hall–Kier alpha value is -1.07. The van der Waals surface area contributed by atoms with Crippen LogP contribution in [0, 0.1) is 5.92 Å². The lowest BCUT2D eigenvalue weighted by Crippen LogP contribution is -2.38. The summed E-state index contributed by atoms with van der Waals surface area (Å²) < 4.78 is 36.3. The summed E-state index contributed by atoms with van der Waals surface area (Å²) in [6.07, 6.45) is -0.186. The van der Waals surface area contributed by atoms with E-state index in [9.17, 15) is 8.78 Å². The van der Waals surface area contributed by atoms with Gasteiger partial charge in [-0.1, -0.05) is 6.07 Å². The number of nitrogens with two attached hydrogens (primary N) is 1. The van der Waals surface area contributed by atoms with Crippen LogP contribution in [0.1, 0.15) is 31.4 Å². The van der Waals surface area contributed by atoms with Crippen LogP contribution in [0.15, 0.2) is 18.2 Å². The van der Waals surface area contributed by atoms with Crippen molar-refractivity contribution in [3.05, 3.63) is 23.8 Å². The molecular weight excluding hydrogens is 288 g/mol. The highest BCUT2D eigenvalue weighted by atomic mass is 35.5. The molecule has 0 amide bonds. The molecule has 2 rings (SSSR count). The van der Waals surface area contributed by atoms with Crippen molar-refractivity contribution in [3.63, 3.8) is 0 Å². The van der Waals surface area contributed by atoms with Gasteiger partial charge in [0.05, 0.1) is 13.7 Å². The average Bonchev–Trinajstić information content (AvgIpc) is 2.33. The van der Waals surface area contributed by atoms with E-state index in [1.54, 1.807) is 13.2 Å². The maximum absolute atomic E-state index is 12.7. The normalized spacial score (nSPS) is 18.6. The van der Waals surface area contributed by atoms with E-state index in [0.717, 1.165) is 5.56 Å². The van der Waals surface area contributed by atoms with Crippen molar-refractivity contribution >= 4 is 12.4 Å². The van der Waals surface area contributed by atoms with Crippen molar-refractivity contribution in [3.8, 4) is 11.5 Å². The molecule has 2 N–H and O–H groups in total. The molecular formula is C14H20ClF2NO2. The molecule has 1 saturated carbocycles. The Morgan fingerprint density at radius 1 is 1.40 bits per heavy atom. The van der Waals surface area contributed by atoms with E-state index in [2.05, 4.69) is 0 Å². The number of ether oxygens (including phenoxy) is 2. The van der Waals surface area contributed by atoms with Crippen molar-refractivity contribution in [1.29, 1.82) is 0 Å². The number of hydrogen-bond acceptors (Lipinski definition) is 3. The Bertz CT molecular complexity index is 447. The van der Waals surface area contributed by atoms with Crippen molar-refractivity contribution in [1.82, 2.24) is 0 Å². The van der Waals surface area contributed by atoms with E-state index in [4.69, 9.17) is 15.2 Å². The Kier molecular flexibility index (Phi) is 5.59. The Labute approximate surface area is 123 Å². The molecule has 0 aromatic heterocycles. The second kappa shape index (κ2) is 6.59. The number of rotatable bonds is 5. The Morgan fingerprint density at radius 3 is 2.55 bits per heavy atom. The predicted molar refractivity (Wildman–Crippen MR) is 76.0 cm³/mol. The minimum absolute atomic E-state index is 0. The van der Waals surface area contributed by atoms with Crippen LogP contribution in [-0.4, -0.2) is 19.6 Å². The van der Waals surface area contributed by atoms with Crippen LogP contribution >= 0.6 is 12.4 Å². The third kappa shape index (κ3) is 3.96. The summed E-state index contributed by atoms with van der Waals surface area (Å²) in [5.41, 5.74) is 6.71. The number of alkyl halides is 2. The molecule has 1 aromatic rings. The molecule has 0 aliphatic heterocycles. The maximum atomic E-state index is 12.7. The molecule has 0 spiro atoms. The molecule has 1 aromatic carbocycles. The fraction of sp³-hybridized carbons (Fsp3) is 0.571. The quantitative estimate of drug-likeness (QED) is 0.904. The Balaban J connectivity index is 0.00000200. The standard InChI is InChI=1S/C14H19F2NO2.ClH/c1-9(17)12-4-3-11(18-2)5-13(12)19-8-10-6-14(15,16)7-10;/h3-5,9-10H,6-8,17H2,1-2H3;1H/t9-;/m0./s1. The molecule has 0 unspecified atom stereocenters. The molecule has 1 fully saturated rings. The van der Waals surface area contributed by atoms with Gasteiger partial charge in [0.1, 0.15) is 11.5 Å². The van der Waals surface area contributed by atoms with E-state index >= 15 is 0 Å². The minimum Gasteiger partial charge on any atom is -0.497 e. The SMILES string of the molecule is COc1ccc([C@H](C)N)c(OCC2CC(F)(F)C2)c1.Cl. The molecule has 0 saturated heterocycles. The number of hydrogen-bond donors (Lipinski definition) is 1. The van der Waals surface area contributed by atoms with E-state index < -0.39 is 5.92 Å². The van der Waals surface area contributed by atoms with E-state index in [-0.39, 0.29) is 37.2 Å². The molecule has 1 aliphatic carbocycles. The van der Waals surface area contributed by atoms with Crippen LogP contribution < -0.4 is 15.2 Å². The van der Waals surface area contributed by atoms with Crippen LogP contribution in [0.25, 0.3) is 0 Å². The molecule has 6 heteroatoms. The molecule has 114 valence electrons. The highest BCUT2D eigenvalue weighted by Gasteiger charge is 2.45. The van der Waals surface area contributed by atoms with Crippen LogP contribution in [-0.2, 0) is 0 Å². The van der Waals surface area contributed by atoms with Gasteiger partial charge in [0.25, 0.3) is 0 Å². The van der Waals surface area contributed by atoms with Gasteiger partial charge in [-0.2, -0.15) is 0 Å². The van der Waals surface area contributed by atoms with Crippen molar-refractivity contribution in [2.75, 3.05) is 13.7 Å². The predicted octanol–water partition coefficient (Wildman–Crippen LogP) is 3.56. The summed E-state index contributed by atoms with van der Waals surface area (Å²) in [5, 5.41) is 0. The van der Waals surface area contributed by atoms with Gasteiger partial charge in [-0.05, 0) is 13.0 Å². The monoisotopic (exact) mass is 307 g/mol. The van der Waals surface area contributed by atoms with E-state index in [1.165, 1.54) is 0 Å². The van der Waals surface area contributed by atoms with Crippen molar-refractivity contribution < 1.29 is 18.3 Å². The highest BCUT2D eigenvalue weighted by Crippen LogP contribution is 2.42. The largest absolute Gasteiger partial charge is 0.497 e. The van der Waals surface area contributed by atoms with Gasteiger partial charge in [-0.25, -0.2) is 8.78 Å².